The van der Waals surface area contributed by atoms with Gasteiger partial charge in [0.15, 0.2) is 0 Å². The van der Waals surface area contributed by atoms with Crippen LogP contribution in [0, 0.1) is 5.82 Å². The Morgan fingerprint density at radius 1 is 1.38 bits per heavy atom. The van der Waals surface area contributed by atoms with Crippen LogP contribution in [0.25, 0.3) is 0 Å². The van der Waals surface area contributed by atoms with E-state index in [1.807, 2.05) is 0 Å². The zero-order valence-corrected chi connectivity index (χ0v) is 11.4. The fourth-order valence-electron chi connectivity index (χ4n) is 1.93. The molecule has 0 atom stereocenters. The number of nitrogens with one attached hydrogen (secondary N) is 1. The third-order valence-electron chi connectivity index (χ3n) is 2.85. The highest BCUT2D eigenvalue weighted by Gasteiger charge is 2.31. The van der Waals surface area contributed by atoms with E-state index in [9.17, 15) is 14.0 Å². The first kappa shape index (κ1) is 15.0. The molecule has 1 aromatic rings. The molecule has 0 fully saturated rings. The predicted molar refractivity (Wildman–Crippen MR) is 73.1 cm³/mol. The lowest BCUT2D eigenvalue weighted by molar-refractivity contribution is -0.137. The van der Waals surface area contributed by atoms with Gasteiger partial charge in [0.25, 0.3) is 11.8 Å². The molecule has 0 spiro atoms. The van der Waals surface area contributed by atoms with E-state index < -0.39 is 17.6 Å². The Bertz CT molecular complexity index is 601. The molecule has 1 aliphatic rings. The molecular formula is C14H15FN2O4. The molecule has 0 saturated heterocycles. The minimum Gasteiger partial charge on any atom is -0.492 e. The van der Waals surface area contributed by atoms with Gasteiger partial charge in [-0.3, -0.25) is 14.5 Å². The summed E-state index contributed by atoms with van der Waals surface area (Å²) in [7, 11) is 0. The van der Waals surface area contributed by atoms with Crippen LogP contribution in [0.15, 0.2) is 30.0 Å². The maximum absolute atomic E-state index is 13.2. The van der Waals surface area contributed by atoms with Gasteiger partial charge in [-0.05, 0) is 19.1 Å². The lowest BCUT2D eigenvalue weighted by Gasteiger charge is -2.15. The molecular weight excluding hydrogens is 279 g/mol. The third-order valence-corrected chi connectivity index (χ3v) is 2.85. The van der Waals surface area contributed by atoms with E-state index in [1.54, 1.807) is 6.92 Å². The lowest BCUT2D eigenvalue weighted by atomic mass is 10.2. The van der Waals surface area contributed by atoms with Crippen molar-refractivity contribution in [1.29, 1.82) is 0 Å². The summed E-state index contributed by atoms with van der Waals surface area (Å²) in [6, 6.07) is 3.84. The molecule has 21 heavy (non-hydrogen) atoms. The van der Waals surface area contributed by atoms with Crippen molar-refractivity contribution in [3.8, 4) is 5.75 Å². The van der Waals surface area contributed by atoms with Crippen molar-refractivity contribution in [2.45, 2.75) is 6.92 Å². The predicted octanol–water partition coefficient (Wildman–Crippen LogP) is 0.881. The number of carbonyl (C=O) groups is 2. The largest absolute Gasteiger partial charge is 0.492 e. The number of hydrogen-bond acceptors (Lipinski definition) is 5. The molecule has 0 bridgehead atoms. The quantitative estimate of drug-likeness (QED) is 0.762. The minimum absolute atomic E-state index is 0.0565. The molecule has 2 rings (SSSR count). The number of imide groups is 1. The molecule has 2 amide bonds. The van der Waals surface area contributed by atoms with Gasteiger partial charge in [-0.2, -0.15) is 0 Å². The van der Waals surface area contributed by atoms with Crippen molar-refractivity contribution in [2.75, 3.05) is 25.1 Å². The second-order valence-corrected chi connectivity index (χ2v) is 4.28. The van der Waals surface area contributed by atoms with Crippen molar-refractivity contribution < 1.29 is 23.8 Å². The summed E-state index contributed by atoms with van der Waals surface area (Å²) in [4.78, 5) is 24.5. The molecule has 7 heteroatoms. The van der Waals surface area contributed by atoms with Gasteiger partial charge < -0.3 is 15.2 Å². The van der Waals surface area contributed by atoms with Crippen molar-refractivity contribution >= 4 is 17.5 Å². The van der Waals surface area contributed by atoms with Crippen LogP contribution in [0.3, 0.4) is 0 Å². The topological polar surface area (TPSA) is 78.9 Å². The average molecular weight is 294 g/mol. The Labute approximate surface area is 120 Å². The number of rotatable bonds is 6. The lowest BCUT2D eigenvalue weighted by Crippen LogP contribution is -2.34. The van der Waals surface area contributed by atoms with E-state index in [0.29, 0.717) is 12.3 Å². The molecule has 1 heterocycles. The second-order valence-electron chi connectivity index (χ2n) is 4.28. The maximum Gasteiger partial charge on any atom is 0.277 e. The van der Waals surface area contributed by atoms with Crippen LogP contribution >= 0.6 is 0 Å². The molecule has 1 aliphatic heterocycles. The van der Waals surface area contributed by atoms with Gasteiger partial charge >= 0.3 is 0 Å². The molecule has 2 N–H and O–H groups in total. The summed E-state index contributed by atoms with van der Waals surface area (Å²) in [6.45, 7) is 1.71. The summed E-state index contributed by atoms with van der Waals surface area (Å²) in [5, 5.41) is 11.6. The van der Waals surface area contributed by atoms with E-state index in [0.717, 1.165) is 11.0 Å². The summed E-state index contributed by atoms with van der Waals surface area (Å²) in [5.41, 5.74) is 0.442. The van der Waals surface area contributed by atoms with Crippen LogP contribution in [0.2, 0.25) is 0 Å². The standard InChI is InChI=1S/C14H15FN2O4/c1-2-21-12-7-9(15)3-4-10(12)16-11-8-13(19)17(5-6-18)14(11)20/h3-4,7-8,16,18H,2,5-6H2,1H3. The fraction of sp³-hybridized carbons (Fsp3) is 0.286. The Kier molecular flexibility index (Phi) is 4.54. The summed E-state index contributed by atoms with van der Waals surface area (Å²) < 4.78 is 18.5. The van der Waals surface area contributed by atoms with Crippen molar-refractivity contribution in [3.63, 3.8) is 0 Å². The van der Waals surface area contributed by atoms with Gasteiger partial charge in [0.1, 0.15) is 17.3 Å². The third kappa shape index (κ3) is 3.19. The first-order chi connectivity index (χ1) is 10.1. The van der Waals surface area contributed by atoms with Gasteiger partial charge in [-0.15, -0.1) is 0 Å². The Balaban J connectivity index is 2.21. The highest BCUT2D eigenvalue weighted by atomic mass is 19.1. The summed E-state index contributed by atoms with van der Waals surface area (Å²) in [5.74, 6) is -1.26. The molecule has 0 radical (unpaired) electrons. The first-order valence-corrected chi connectivity index (χ1v) is 6.44. The molecule has 0 aliphatic carbocycles. The van der Waals surface area contributed by atoms with Crippen LogP contribution in [0.4, 0.5) is 10.1 Å². The van der Waals surface area contributed by atoms with Crippen LogP contribution in [-0.2, 0) is 9.59 Å². The minimum atomic E-state index is -0.541. The number of carbonyl (C=O) groups excluding carboxylic acids is 2. The second kappa shape index (κ2) is 6.36. The van der Waals surface area contributed by atoms with E-state index >= 15 is 0 Å². The summed E-state index contributed by atoms with van der Waals surface area (Å²) in [6.07, 6.45) is 1.14. The van der Waals surface area contributed by atoms with Crippen LogP contribution < -0.4 is 10.1 Å². The number of amides is 2. The number of anilines is 1. The Hall–Kier alpha value is -2.41. The van der Waals surface area contributed by atoms with E-state index in [4.69, 9.17) is 9.84 Å². The number of aliphatic hydroxyl groups excluding tert-OH is 1. The zero-order chi connectivity index (χ0) is 15.4. The molecule has 6 nitrogen and oxygen atoms in total. The number of benzene rings is 1. The van der Waals surface area contributed by atoms with Gasteiger partial charge in [0, 0.05) is 12.1 Å². The highest BCUT2D eigenvalue weighted by molar-refractivity contribution is 6.17. The first-order valence-electron chi connectivity index (χ1n) is 6.44. The molecule has 0 unspecified atom stereocenters. The number of ether oxygens (including phenoxy) is 1. The van der Waals surface area contributed by atoms with Gasteiger partial charge in [-0.1, -0.05) is 0 Å². The number of β-amino-alcohol motifs (C(OH)–C–C–N with tert-alkyl or cyclic N) is 1. The van der Waals surface area contributed by atoms with Crippen molar-refractivity contribution in [3.05, 3.63) is 35.8 Å². The van der Waals surface area contributed by atoms with Crippen LogP contribution in [0.1, 0.15) is 6.92 Å². The fourth-order valence-corrected chi connectivity index (χ4v) is 1.93. The van der Waals surface area contributed by atoms with Crippen molar-refractivity contribution in [2.24, 2.45) is 0 Å². The van der Waals surface area contributed by atoms with Crippen LogP contribution in [-0.4, -0.2) is 41.6 Å². The van der Waals surface area contributed by atoms with Gasteiger partial charge in [0.2, 0.25) is 0 Å². The van der Waals surface area contributed by atoms with E-state index in [2.05, 4.69) is 5.32 Å². The Morgan fingerprint density at radius 2 is 2.14 bits per heavy atom. The molecule has 112 valence electrons. The Morgan fingerprint density at radius 3 is 2.81 bits per heavy atom. The molecule has 1 aromatic carbocycles. The van der Waals surface area contributed by atoms with E-state index in [-0.39, 0.29) is 24.6 Å². The number of nitrogens with zero attached hydrogens (tertiary/aromatic N) is 1. The smallest absolute Gasteiger partial charge is 0.277 e. The van der Waals surface area contributed by atoms with Gasteiger partial charge in [0.05, 0.1) is 25.4 Å². The normalized spacial score (nSPS) is 14.4. The number of halogens is 1. The van der Waals surface area contributed by atoms with Crippen LogP contribution in [0.5, 0.6) is 5.75 Å². The summed E-state index contributed by atoms with van der Waals surface area (Å²) >= 11 is 0. The zero-order valence-electron chi connectivity index (χ0n) is 11.4. The highest BCUT2D eigenvalue weighted by Crippen LogP contribution is 2.28. The van der Waals surface area contributed by atoms with Crippen molar-refractivity contribution in [1.82, 2.24) is 4.90 Å². The number of aliphatic hydroxyl groups is 1. The molecule has 0 saturated carbocycles. The maximum atomic E-state index is 13.2. The monoisotopic (exact) mass is 294 g/mol. The number of hydrogen-bond donors (Lipinski definition) is 2. The molecule has 0 aromatic heterocycles. The SMILES string of the molecule is CCOc1cc(F)ccc1NC1=CC(=O)N(CCO)C1=O. The van der Waals surface area contributed by atoms with E-state index in [1.165, 1.54) is 18.2 Å². The van der Waals surface area contributed by atoms with Gasteiger partial charge in [-0.25, -0.2) is 4.39 Å². The average Bonchev–Trinajstić information content (AvgIpc) is 2.70.